The molecule has 0 bridgehead atoms. The average Bonchev–Trinajstić information content (AvgIpc) is 2.44. The van der Waals surface area contributed by atoms with Crippen molar-refractivity contribution < 1.29 is 66.3 Å². The Kier molecular flexibility index (Phi) is 13.9. The molecule has 0 radical (unpaired) electrons. The van der Waals surface area contributed by atoms with E-state index in [-0.39, 0.29) is 68.5 Å². The van der Waals surface area contributed by atoms with Crippen molar-refractivity contribution in [3.8, 4) is 0 Å². The Bertz CT molecular complexity index is 480. The van der Waals surface area contributed by atoms with Crippen LogP contribution in [0.15, 0.2) is 0 Å². The van der Waals surface area contributed by atoms with E-state index < -0.39 is 27.4 Å². The van der Waals surface area contributed by atoms with E-state index in [1.54, 1.807) is 13.8 Å². The summed E-state index contributed by atoms with van der Waals surface area (Å²) in [6, 6.07) is 0. The number of carbonyl (C=O) groups is 2. The SMILES string of the molecule is CCC(C)(C)C(=O)OCCOCCOC(=O)NCCS(=O)(=O)[O-].[Na+]. The Labute approximate surface area is 164 Å². The van der Waals surface area contributed by atoms with Gasteiger partial charge in [-0.15, -0.1) is 0 Å². The van der Waals surface area contributed by atoms with E-state index in [9.17, 15) is 22.6 Å². The minimum absolute atomic E-state index is 0. The van der Waals surface area contributed by atoms with Crippen LogP contribution in [0, 0.1) is 5.41 Å². The van der Waals surface area contributed by atoms with Crippen LogP contribution in [0.4, 0.5) is 4.79 Å². The van der Waals surface area contributed by atoms with Crippen molar-refractivity contribution in [3.63, 3.8) is 0 Å². The molecule has 136 valence electrons. The molecule has 1 amide bonds. The van der Waals surface area contributed by atoms with Gasteiger partial charge in [-0.3, -0.25) is 4.79 Å². The first-order valence-electron chi connectivity index (χ1n) is 7.17. The molecule has 0 aliphatic rings. The predicted molar refractivity (Wildman–Crippen MR) is 79.8 cm³/mol. The van der Waals surface area contributed by atoms with Crippen molar-refractivity contribution in [2.45, 2.75) is 27.2 Å². The van der Waals surface area contributed by atoms with Crippen molar-refractivity contribution in [3.05, 3.63) is 0 Å². The van der Waals surface area contributed by atoms with Crippen molar-refractivity contribution in [2.75, 3.05) is 38.7 Å². The fourth-order valence-electron chi connectivity index (χ4n) is 1.16. The number of alkyl carbamates (subject to hydrolysis) is 1. The van der Waals surface area contributed by atoms with E-state index in [1.165, 1.54) is 0 Å². The number of hydrogen-bond acceptors (Lipinski definition) is 8. The summed E-state index contributed by atoms with van der Waals surface area (Å²) in [5, 5.41) is 2.11. The first kappa shape index (κ1) is 25.8. The third-order valence-electron chi connectivity index (χ3n) is 2.98. The fraction of sp³-hybridized carbons (Fsp3) is 0.846. The van der Waals surface area contributed by atoms with Crippen molar-refractivity contribution >= 4 is 22.2 Å². The molecule has 0 aromatic rings. The predicted octanol–water partition coefficient (Wildman–Crippen LogP) is -2.74. The van der Waals surface area contributed by atoms with Crippen LogP contribution >= 0.6 is 0 Å². The van der Waals surface area contributed by atoms with Crippen molar-refractivity contribution in [2.24, 2.45) is 5.41 Å². The molecule has 0 spiro atoms. The second kappa shape index (κ2) is 12.9. The maximum absolute atomic E-state index is 11.6. The Morgan fingerprint density at radius 1 is 1.08 bits per heavy atom. The number of hydrogen-bond donors (Lipinski definition) is 1. The number of ether oxygens (including phenoxy) is 3. The van der Waals surface area contributed by atoms with E-state index in [2.05, 4.69) is 10.1 Å². The Balaban J connectivity index is 0. The maximum Gasteiger partial charge on any atom is 1.00 e. The Morgan fingerprint density at radius 3 is 2.12 bits per heavy atom. The molecule has 24 heavy (non-hydrogen) atoms. The molecular weight excluding hydrogens is 353 g/mol. The van der Waals surface area contributed by atoms with E-state index in [0.29, 0.717) is 6.42 Å². The zero-order valence-electron chi connectivity index (χ0n) is 14.6. The fourth-order valence-corrected chi connectivity index (χ4v) is 1.51. The second-order valence-electron chi connectivity index (χ2n) is 5.31. The zero-order chi connectivity index (χ0) is 17.9. The molecule has 0 aliphatic heterocycles. The third kappa shape index (κ3) is 14.0. The number of nitrogens with one attached hydrogen (secondary N) is 1. The molecule has 9 nitrogen and oxygen atoms in total. The van der Waals surface area contributed by atoms with Gasteiger partial charge in [0, 0.05) is 6.54 Å². The van der Waals surface area contributed by atoms with Crippen LogP contribution in [-0.4, -0.2) is 63.8 Å². The molecule has 0 aliphatic carbocycles. The van der Waals surface area contributed by atoms with E-state index >= 15 is 0 Å². The van der Waals surface area contributed by atoms with Crippen LogP contribution in [0.3, 0.4) is 0 Å². The smallest absolute Gasteiger partial charge is 0.748 e. The van der Waals surface area contributed by atoms with Crippen LogP contribution in [0.5, 0.6) is 0 Å². The molecule has 0 atom stereocenters. The van der Waals surface area contributed by atoms with Gasteiger partial charge in [0.05, 0.1) is 34.5 Å². The van der Waals surface area contributed by atoms with Crippen molar-refractivity contribution in [1.82, 2.24) is 5.32 Å². The molecule has 0 unspecified atom stereocenters. The van der Waals surface area contributed by atoms with Gasteiger partial charge in [-0.2, -0.15) is 0 Å². The maximum atomic E-state index is 11.6. The molecule has 0 saturated heterocycles. The van der Waals surface area contributed by atoms with E-state index in [0.717, 1.165) is 0 Å². The zero-order valence-corrected chi connectivity index (χ0v) is 17.4. The number of carbonyl (C=O) groups excluding carboxylic acids is 2. The van der Waals surface area contributed by atoms with Crippen LogP contribution in [0.2, 0.25) is 0 Å². The normalized spacial score (nSPS) is 11.3. The second-order valence-corrected chi connectivity index (χ2v) is 6.83. The molecular formula is C13H24NNaO8S. The number of rotatable bonds is 11. The van der Waals surface area contributed by atoms with Gasteiger partial charge in [0.25, 0.3) is 0 Å². The molecule has 0 heterocycles. The summed E-state index contributed by atoms with van der Waals surface area (Å²) in [6.07, 6.45) is -0.170. The molecule has 0 rings (SSSR count). The van der Waals surface area contributed by atoms with Gasteiger partial charge in [0.2, 0.25) is 0 Å². The van der Waals surface area contributed by atoms with Crippen LogP contribution in [-0.2, 0) is 29.1 Å². The Morgan fingerprint density at radius 2 is 1.62 bits per heavy atom. The largest absolute Gasteiger partial charge is 1.00 e. The minimum atomic E-state index is -4.36. The Hall–Kier alpha value is -0.390. The van der Waals surface area contributed by atoms with E-state index in [1.807, 2.05) is 6.92 Å². The third-order valence-corrected chi connectivity index (χ3v) is 3.68. The molecule has 0 saturated carbocycles. The topological polar surface area (TPSA) is 131 Å². The van der Waals surface area contributed by atoms with Gasteiger partial charge in [0.15, 0.2) is 0 Å². The summed E-state index contributed by atoms with van der Waals surface area (Å²) in [6.45, 7) is 5.50. The van der Waals surface area contributed by atoms with Gasteiger partial charge in [-0.25, -0.2) is 13.2 Å². The summed E-state index contributed by atoms with van der Waals surface area (Å²) in [4.78, 5) is 22.7. The van der Waals surface area contributed by atoms with Crippen molar-refractivity contribution in [1.29, 1.82) is 0 Å². The van der Waals surface area contributed by atoms with Gasteiger partial charge in [-0.1, -0.05) is 6.92 Å². The summed E-state index contributed by atoms with van der Waals surface area (Å²) in [5.41, 5.74) is -0.529. The van der Waals surface area contributed by atoms with Crippen LogP contribution in [0.25, 0.3) is 0 Å². The molecule has 0 aromatic heterocycles. The van der Waals surface area contributed by atoms with E-state index in [4.69, 9.17) is 9.47 Å². The molecule has 11 heteroatoms. The van der Waals surface area contributed by atoms with Crippen LogP contribution < -0.4 is 34.9 Å². The quantitative estimate of drug-likeness (QED) is 0.178. The standard InChI is InChI=1S/C13H25NO8S.Na/c1-4-13(2,3)11(15)21-8-6-20-7-9-22-12(16)14-5-10-23(17,18)19;/h4-10H2,1-3H3,(H,14,16)(H,17,18,19);/q;+1/p-1. The number of amides is 1. The summed E-state index contributed by atoms with van der Waals surface area (Å²) >= 11 is 0. The summed E-state index contributed by atoms with van der Waals surface area (Å²) in [5.74, 6) is -0.995. The summed E-state index contributed by atoms with van der Waals surface area (Å²) in [7, 11) is -4.36. The molecule has 1 N–H and O–H groups in total. The summed E-state index contributed by atoms with van der Waals surface area (Å²) < 4.78 is 45.7. The van der Waals surface area contributed by atoms with Gasteiger partial charge < -0.3 is 24.1 Å². The monoisotopic (exact) mass is 377 g/mol. The van der Waals surface area contributed by atoms with Gasteiger partial charge in [-0.05, 0) is 20.3 Å². The first-order valence-corrected chi connectivity index (χ1v) is 8.75. The van der Waals surface area contributed by atoms with Crippen LogP contribution in [0.1, 0.15) is 27.2 Å². The molecule has 0 fully saturated rings. The first-order chi connectivity index (χ1) is 10.6. The minimum Gasteiger partial charge on any atom is -0.748 e. The number of esters is 1. The van der Waals surface area contributed by atoms with Gasteiger partial charge in [0.1, 0.15) is 13.2 Å². The van der Waals surface area contributed by atoms with Gasteiger partial charge >= 0.3 is 41.6 Å². The average molecular weight is 377 g/mol. The molecule has 0 aromatic carbocycles.